The second kappa shape index (κ2) is 7.78. The molecule has 1 fully saturated rings. The summed E-state index contributed by atoms with van der Waals surface area (Å²) in [5, 5.41) is 6.00. The monoisotopic (exact) mass is 290 g/mol. The van der Waals surface area contributed by atoms with Crippen LogP contribution in [-0.2, 0) is 9.53 Å². The number of nitrogens with one attached hydrogen (secondary N) is 2. The van der Waals surface area contributed by atoms with Crippen LogP contribution in [0.25, 0.3) is 0 Å². The summed E-state index contributed by atoms with van der Waals surface area (Å²) in [6, 6.07) is 6.69. The maximum atomic E-state index is 11.9. The Labute approximate surface area is 125 Å². The Morgan fingerprint density at radius 3 is 2.71 bits per heavy atom. The molecule has 2 rings (SSSR count). The molecule has 114 valence electrons. The molecule has 0 radical (unpaired) electrons. The van der Waals surface area contributed by atoms with Crippen LogP contribution in [0.1, 0.15) is 43.0 Å². The number of carbonyl (C=O) groups is 2. The van der Waals surface area contributed by atoms with Gasteiger partial charge in [-0.05, 0) is 50.1 Å². The number of hydrogen-bond donors (Lipinski definition) is 2. The maximum Gasteiger partial charge on any atom is 0.338 e. The van der Waals surface area contributed by atoms with Gasteiger partial charge in [-0.3, -0.25) is 4.79 Å². The fraction of sp³-hybridized carbons (Fsp3) is 0.500. The van der Waals surface area contributed by atoms with Crippen molar-refractivity contribution in [1.82, 2.24) is 5.32 Å². The first kappa shape index (κ1) is 15.5. The number of benzene rings is 1. The molecule has 1 atom stereocenters. The molecule has 1 saturated heterocycles. The van der Waals surface area contributed by atoms with E-state index in [1.54, 1.807) is 24.3 Å². The van der Waals surface area contributed by atoms with Gasteiger partial charge in [0, 0.05) is 5.69 Å². The highest BCUT2D eigenvalue weighted by molar-refractivity contribution is 5.96. The molecule has 0 spiro atoms. The first-order chi connectivity index (χ1) is 10.2. The number of anilines is 1. The van der Waals surface area contributed by atoms with Crippen LogP contribution in [0, 0.1) is 0 Å². The third-order valence-electron chi connectivity index (χ3n) is 3.50. The molecule has 0 saturated carbocycles. The molecule has 0 aromatic heterocycles. The molecule has 5 heteroatoms. The molecular formula is C16H22N2O3. The third-order valence-corrected chi connectivity index (χ3v) is 3.50. The normalized spacial score (nSPS) is 17.5. The van der Waals surface area contributed by atoms with Gasteiger partial charge in [0.25, 0.3) is 0 Å². The van der Waals surface area contributed by atoms with Crippen LogP contribution < -0.4 is 10.6 Å². The summed E-state index contributed by atoms with van der Waals surface area (Å²) in [5.74, 6) is -0.343. The summed E-state index contributed by atoms with van der Waals surface area (Å²) in [6.07, 6.45) is 3.76. The van der Waals surface area contributed by atoms with Gasteiger partial charge >= 0.3 is 5.97 Å². The van der Waals surface area contributed by atoms with Gasteiger partial charge in [-0.25, -0.2) is 4.79 Å². The van der Waals surface area contributed by atoms with Gasteiger partial charge in [-0.15, -0.1) is 0 Å². The first-order valence-corrected chi connectivity index (χ1v) is 7.52. The van der Waals surface area contributed by atoms with E-state index < -0.39 is 0 Å². The lowest BCUT2D eigenvalue weighted by Crippen LogP contribution is -2.35. The minimum Gasteiger partial charge on any atom is -0.462 e. The van der Waals surface area contributed by atoms with E-state index in [1.165, 1.54) is 0 Å². The van der Waals surface area contributed by atoms with E-state index in [1.807, 2.05) is 6.92 Å². The first-order valence-electron chi connectivity index (χ1n) is 7.52. The van der Waals surface area contributed by atoms with Gasteiger partial charge in [0.1, 0.15) is 0 Å². The van der Waals surface area contributed by atoms with Crippen molar-refractivity contribution in [1.29, 1.82) is 0 Å². The molecule has 1 aliphatic rings. The van der Waals surface area contributed by atoms with Crippen LogP contribution in [0.15, 0.2) is 24.3 Å². The summed E-state index contributed by atoms with van der Waals surface area (Å²) in [6.45, 7) is 3.38. The SMILES string of the molecule is CCCCOC(=O)c1ccc(NC(=O)C2CCCN2)cc1. The van der Waals surface area contributed by atoms with Gasteiger partial charge in [0.05, 0.1) is 18.2 Å². The van der Waals surface area contributed by atoms with Gasteiger partial charge in [-0.2, -0.15) is 0 Å². The fourth-order valence-electron chi connectivity index (χ4n) is 2.22. The number of esters is 1. The van der Waals surface area contributed by atoms with Gasteiger partial charge in [0.15, 0.2) is 0 Å². The lowest BCUT2D eigenvalue weighted by Gasteiger charge is -2.11. The topological polar surface area (TPSA) is 67.4 Å². The van der Waals surface area contributed by atoms with E-state index in [4.69, 9.17) is 4.74 Å². The number of amides is 1. The molecule has 1 unspecified atom stereocenters. The number of ether oxygens (including phenoxy) is 1. The zero-order valence-electron chi connectivity index (χ0n) is 12.4. The molecule has 21 heavy (non-hydrogen) atoms. The predicted octanol–water partition coefficient (Wildman–Crippen LogP) is 2.33. The summed E-state index contributed by atoms with van der Waals surface area (Å²) in [4.78, 5) is 23.7. The summed E-state index contributed by atoms with van der Waals surface area (Å²) in [7, 11) is 0. The van der Waals surface area contributed by atoms with E-state index in [2.05, 4.69) is 10.6 Å². The zero-order valence-corrected chi connectivity index (χ0v) is 12.4. The van der Waals surface area contributed by atoms with Crippen LogP contribution in [0.5, 0.6) is 0 Å². The Kier molecular flexibility index (Phi) is 5.75. The summed E-state index contributed by atoms with van der Waals surface area (Å²) >= 11 is 0. The smallest absolute Gasteiger partial charge is 0.338 e. The maximum absolute atomic E-state index is 11.9. The van der Waals surface area contributed by atoms with Crippen molar-refractivity contribution in [2.24, 2.45) is 0 Å². The van der Waals surface area contributed by atoms with Crippen molar-refractivity contribution in [3.8, 4) is 0 Å². The molecule has 1 amide bonds. The second-order valence-electron chi connectivity index (χ2n) is 5.21. The van der Waals surface area contributed by atoms with Crippen molar-refractivity contribution in [3.05, 3.63) is 29.8 Å². The lowest BCUT2D eigenvalue weighted by molar-refractivity contribution is -0.117. The third kappa shape index (κ3) is 4.56. The highest BCUT2D eigenvalue weighted by Crippen LogP contribution is 2.13. The number of carbonyl (C=O) groups excluding carboxylic acids is 2. The van der Waals surface area contributed by atoms with Crippen molar-refractivity contribution >= 4 is 17.6 Å². The van der Waals surface area contributed by atoms with E-state index >= 15 is 0 Å². The standard InChI is InChI=1S/C16H22N2O3/c1-2-3-11-21-16(20)12-6-8-13(9-7-12)18-15(19)14-5-4-10-17-14/h6-9,14,17H,2-5,10-11H2,1H3,(H,18,19). The molecule has 1 aliphatic heterocycles. The van der Waals surface area contributed by atoms with Crippen molar-refractivity contribution in [2.75, 3.05) is 18.5 Å². The lowest BCUT2D eigenvalue weighted by atomic mass is 10.2. The van der Waals surface area contributed by atoms with Gasteiger partial charge < -0.3 is 15.4 Å². The number of rotatable bonds is 6. The average Bonchev–Trinajstić information content (AvgIpc) is 3.02. The van der Waals surface area contributed by atoms with Gasteiger partial charge in [-0.1, -0.05) is 13.3 Å². The molecule has 2 N–H and O–H groups in total. The zero-order chi connectivity index (χ0) is 15.1. The quantitative estimate of drug-likeness (QED) is 0.623. The highest BCUT2D eigenvalue weighted by atomic mass is 16.5. The summed E-state index contributed by atoms with van der Waals surface area (Å²) < 4.78 is 5.13. The molecule has 1 aromatic rings. The molecular weight excluding hydrogens is 268 g/mol. The Balaban J connectivity index is 1.86. The minimum absolute atomic E-state index is 0.0224. The van der Waals surface area contributed by atoms with E-state index in [0.717, 1.165) is 32.2 Å². The molecule has 0 bridgehead atoms. The van der Waals surface area contributed by atoms with Crippen LogP contribution in [0.4, 0.5) is 5.69 Å². The number of hydrogen-bond acceptors (Lipinski definition) is 4. The minimum atomic E-state index is -0.321. The van der Waals surface area contributed by atoms with Crippen LogP contribution >= 0.6 is 0 Å². The van der Waals surface area contributed by atoms with E-state index in [-0.39, 0.29) is 17.9 Å². The predicted molar refractivity (Wildman–Crippen MR) is 81.3 cm³/mol. The molecule has 5 nitrogen and oxygen atoms in total. The van der Waals surface area contributed by atoms with Crippen LogP contribution in [0.2, 0.25) is 0 Å². The average molecular weight is 290 g/mol. The summed E-state index contributed by atoms with van der Waals surface area (Å²) in [5.41, 5.74) is 1.20. The van der Waals surface area contributed by atoms with Crippen molar-refractivity contribution in [3.63, 3.8) is 0 Å². The Bertz CT molecular complexity index is 479. The van der Waals surface area contributed by atoms with Crippen molar-refractivity contribution in [2.45, 2.75) is 38.6 Å². The Hall–Kier alpha value is -1.88. The fourth-order valence-corrected chi connectivity index (χ4v) is 2.22. The van der Waals surface area contributed by atoms with E-state index in [9.17, 15) is 9.59 Å². The second-order valence-corrected chi connectivity index (χ2v) is 5.21. The molecule has 1 heterocycles. The van der Waals surface area contributed by atoms with Crippen LogP contribution in [0.3, 0.4) is 0 Å². The highest BCUT2D eigenvalue weighted by Gasteiger charge is 2.21. The Morgan fingerprint density at radius 1 is 1.33 bits per heavy atom. The largest absolute Gasteiger partial charge is 0.462 e. The molecule has 1 aromatic carbocycles. The van der Waals surface area contributed by atoms with Crippen LogP contribution in [-0.4, -0.2) is 31.1 Å². The van der Waals surface area contributed by atoms with E-state index in [0.29, 0.717) is 17.9 Å². The van der Waals surface area contributed by atoms with Gasteiger partial charge in [0.2, 0.25) is 5.91 Å². The van der Waals surface area contributed by atoms with Crippen molar-refractivity contribution < 1.29 is 14.3 Å². The molecule has 0 aliphatic carbocycles. The number of unbranched alkanes of at least 4 members (excludes halogenated alkanes) is 1. The Morgan fingerprint density at radius 2 is 2.10 bits per heavy atom.